The highest BCUT2D eigenvalue weighted by molar-refractivity contribution is 5.54. The van der Waals surface area contributed by atoms with E-state index in [0.29, 0.717) is 0 Å². The third kappa shape index (κ3) is 3.67. The third-order valence-electron chi connectivity index (χ3n) is 6.49. The minimum Gasteiger partial charge on any atom is -0.356 e. The Labute approximate surface area is 157 Å². The molecule has 1 saturated carbocycles. The predicted octanol–water partition coefficient (Wildman–Crippen LogP) is 2.57. The van der Waals surface area contributed by atoms with Crippen molar-refractivity contribution in [3.8, 4) is 0 Å². The molecule has 0 spiro atoms. The lowest BCUT2D eigenvalue weighted by atomic mass is 9.79. The molecule has 1 aromatic rings. The van der Waals surface area contributed by atoms with E-state index < -0.39 is 0 Å². The summed E-state index contributed by atoms with van der Waals surface area (Å²) in [7, 11) is 0. The molecule has 144 valence electrons. The quantitative estimate of drug-likeness (QED) is 0.771. The monoisotopic (exact) mass is 358 g/mol. The van der Waals surface area contributed by atoms with Crippen LogP contribution >= 0.6 is 0 Å². The van der Waals surface area contributed by atoms with E-state index in [-0.39, 0.29) is 11.6 Å². The fourth-order valence-electron chi connectivity index (χ4n) is 4.70. The molecule has 2 unspecified atom stereocenters. The SMILES string of the molecule is CC1(Nc2nc3c(c(N4CCCCCC4)n2)CNCC3)CCCCC1N. The fraction of sp³-hybridized carbons (Fsp3) is 0.800. The summed E-state index contributed by atoms with van der Waals surface area (Å²) < 4.78 is 0. The summed E-state index contributed by atoms with van der Waals surface area (Å²) in [4.78, 5) is 12.4. The van der Waals surface area contributed by atoms with Crippen molar-refractivity contribution in [3.63, 3.8) is 0 Å². The van der Waals surface area contributed by atoms with E-state index in [1.807, 2.05) is 0 Å². The van der Waals surface area contributed by atoms with Crippen molar-refractivity contribution in [1.82, 2.24) is 15.3 Å². The van der Waals surface area contributed by atoms with Gasteiger partial charge in [0.1, 0.15) is 5.82 Å². The van der Waals surface area contributed by atoms with Gasteiger partial charge in [-0.1, -0.05) is 25.7 Å². The number of nitrogens with one attached hydrogen (secondary N) is 2. The van der Waals surface area contributed by atoms with Crippen molar-refractivity contribution in [2.24, 2.45) is 5.73 Å². The predicted molar refractivity (Wildman–Crippen MR) is 107 cm³/mol. The lowest BCUT2D eigenvalue weighted by Gasteiger charge is -2.40. The fourth-order valence-corrected chi connectivity index (χ4v) is 4.70. The molecule has 0 aromatic carbocycles. The standard InChI is InChI=1S/C20H34N6/c1-20(10-5-4-8-17(20)21)25-19-23-16-9-11-22-14-15(16)18(24-19)26-12-6-2-3-7-13-26/h17,22H,2-14,21H2,1H3,(H,23,24,25). The van der Waals surface area contributed by atoms with Gasteiger partial charge in [0.25, 0.3) is 0 Å². The van der Waals surface area contributed by atoms with Gasteiger partial charge >= 0.3 is 0 Å². The van der Waals surface area contributed by atoms with Gasteiger partial charge in [-0.15, -0.1) is 0 Å². The van der Waals surface area contributed by atoms with Gasteiger partial charge in [-0.2, -0.15) is 4.98 Å². The topological polar surface area (TPSA) is 79.1 Å². The molecule has 0 bridgehead atoms. The van der Waals surface area contributed by atoms with Crippen LogP contribution in [0.5, 0.6) is 0 Å². The maximum absolute atomic E-state index is 6.46. The van der Waals surface area contributed by atoms with Gasteiger partial charge in [-0.25, -0.2) is 4.98 Å². The zero-order chi connectivity index (χ0) is 18.0. The van der Waals surface area contributed by atoms with E-state index in [1.165, 1.54) is 49.8 Å². The zero-order valence-corrected chi connectivity index (χ0v) is 16.2. The molecular weight excluding hydrogens is 324 g/mol. The number of hydrogen-bond donors (Lipinski definition) is 3. The van der Waals surface area contributed by atoms with E-state index >= 15 is 0 Å². The molecule has 26 heavy (non-hydrogen) atoms. The Morgan fingerprint density at radius 3 is 2.69 bits per heavy atom. The average molecular weight is 359 g/mol. The van der Waals surface area contributed by atoms with Crippen molar-refractivity contribution in [3.05, 3.63) is 11.3 Å². The summed E-state index contributed by atoms with van der Waals surface area (Å²) in [6, 6.07) is 0.166. The lowest BCUT2D eigenvalue weighted by Crippen LogP contribution is -2.53. The Hall–Kier alpha value is -1.40. The van der Waals surface area contributed by atoms with E-state index in [9.17, 15) is 0 Å². The van der Waals surface area contributed by atoms with Crippen LogP contribution in [0.25, 0.3) is 0 Å². The van der Waals surface area contributed by atoms with Crippen LogP contribution in [0.3, 0.4) is 0 Å². The van der Waals surface area contributed by atoms with E-state index in [0.717, 1.165) is 57.2 Å². The highest BCUT2D eigenvalue weighted by Crippen LogP contribution is 2.32. The van der Waals surface area contributed by atoms with Crippen LogP contribution in [0, 0.1) is 0 Å². The molecule has 6 nitrogen and oxygen atoms in total. The molecule has 2 atom stereocenters. The first-order chi connectivity index (χ1) is 12.7. The van der Waals surface area contributed by atoms with Crippen LogP contribution in [0.2, 0.25) is 0 Å². The molecule has 2 fully saturated rings. The van der Waals surface area contributed by atoms with Crippen molar-refractivity contribution in [2.75, 3.05) is 29.9 Å². The molecule has 2 aliphatic heterocycles. The van der Waals surface area contributed by atoms with Crippen LogP contribution in [-0.2, 0) is 13.0 Å². The molecule has 3 heterocycles. The van der Waals surface area contributed by atoms with Crippen molar-refractivity contribution < 1.29 is 0 Å². The number of aromatic nitrogens is 2. The summed E-state index contributed by atoms with van der Waals surface area (Å²) in [5.41, 5.74) is 8.88. The van der Waals surface area contributed by atoms with Crippen molar-refractivity contribution in [1.29, 1.82) is 0 Å². The van der Waals surface area contributed by atoms with Crippen LogP contribution in [-0.4, -0.2) is 41.2 Å². The molecule has 4 N–H and O–H groups in total. The van der Waals surface area contributed by atoms with Gasteiger partial charge in [-0.05, 0) is 32.6 Å². The van der Waals surface area contributed by atoms with E-state index in [1.54, 1.807) is 0 Å². The molecule has 0 amide bonds. The summed E-state index contributed by atoms with van der Waals surface area (Å²) in [6.45, 7) is 6.35. The Morgan fingerprint density at radius 2 is 1.92 bits per heavy atom. The van der Waals surface area contributed by atoms with E-state index in [4.69, 9.17) is 15.7 Å². The first-order valence-electron chi connectivity index (χ1n) is 10.5. The number of nitrogens with two attached hydrogens (primary N) is 1. The maximum atomic E-state index is 6.46. The van der Waals surface area contributed by atoms with Crippen molar-refractivity contribution >= 4 is 11.8 Å². The molecular formula is C20H34N6. The summed E-state index contributed by atoms with van der Waals surface area (Å²) in [6.07, 6.45) is 10.8. The molecule has 1 aliphatic carbocycles. The largest absolute Gasteiger partial charge is 0.356 e. The molecule has 1 saturated heterocycles. The second-order valence-electron chi connectivity index (χ2n) is 8.52. The number of rotatable bonds is 3. The minimum absolute atomic E-state index is 0.102. The van der Waals surface area contributed by atoms with Crippen LogP contribution < -0.4 is 21.3 Å². The Morgan fingerprint density at radius 1 is 1.12 bits per heavy atom. The third-order valence-corrected chi connectivity index (χ3v) is 6.49. The van der Waals surface area contributed by atoms with Crippen LogP contribution in [0.1, 0.15) is 69.5 Å². The summed E-state index contributed by atoms with van der Waals surface area (Å²) in [5, 5.41) is 7.16. The number of nitrogens with zero attached hydrogens (tertiary/aromatic N) is 3. The molecule has 0 radical (unpaired) electrons. The highest BCUT2D eigenvalue weighted by Gasteiger charge is 2.35. The first kappa shape index (κ1) is 18.0. The zero-order valence-electron chi connectivity index (χ0n) is 16.2. The second-order valence-corrected chi connectivity index (χ2v) is 8.52. The first-order valence-corrected chi connectivity index (χ1v) is 10.5. The molecule has 4 rings (SSSR count). The van der Waals surface area contributed by atoms with Crippen LogP contribution in [0.15, 0.2) is 0 Å². The molecule has 3 aliphatic rings. The summed E-state index contributed by atoms with van der Waals surface area (Å²) >= 11 is 0. The highest BCUT2D eigenvalue weighted by atomic mass is 15.3. The van der Waals surface area contributed by atoms with Gasteiger partial charge in [-0.3, -0.25) is 0 Å². The van der Waals surface area contributed by atoms with Gasteiger partial charge < -0.3 is 21.3 Å². The molecule has 6 heteroatoms. The summed E-state index contributed by atoms with van der Waals surface area (Å²) in [5.74, 6) is 1.93. The second kappa shape index (κ2) is 7.69. The Kier molecular flexibility index (Phi) is 5.32. The van der Waals surface area contributed by atoms with Gasteiger partial charge in [0.2, 0.25) is 5.95 Å². The number of anilines is 2. The lowest BCUT2D eigenvalue weighted by molar-refractivity contribution is 0.298. The average Bonchev–Trinajstić information content (AvgIpc) is 2.93. The number of fused-ring (bicyclic) bond motifs is 1. The van der Waals surface area contributed by atoms with Crippen LogP contribution in [0.4, 0.5) is 11.8 Å². The van der Waals surface area contributed by atoms with Gasteiger partial charge in [0.05, 0.1) is 11.2 Å². The van der Waals surface area contributed by atoms with Crippen molar-refractivity contribution in [2.45, 2.75) is 82.8 Å². The number of hydrogen-bond acceptors (Lipinski definition) is 6. The Balaban J connectivity index is 1.65. The Bertz CT molecular complexity index is 625. The minimum atomic E-state index is -0.102. The maximum Gasteiger partial charge on any atom is 0.225 e. The van der Waals surface area contributed by atoms with Gasteiger partial charge in [0.15, 0.2) is 0 Å². The smallest absolute Gasteiger partial charge is 0.225 e. The van der Waals surface area contributed by atoms with Gasteiger partial charge in [0, 0.05) is 44.2 Å². The normalized spacial score (nSPS) is 29.8. The van der Waals surface area contributed by atoms with E-state index in [2.05, 4.69) is 22.5 Å². The molecule has 1 aromatic heterocycles.